The summed E-state index contributed by atoms with van der Waals surface area (Å²) in [6.45, 7) is 6.68. The van der Waals surface area contributed by atoms with Crippen molar-refractivity contribution in [1.29, 1.82) is 0 Å². The molecule has 170 valence electrons. The maximum atomic E-state index is 5.39. The lowest BCUT2D eigenvalue weighted by atomic mass is 10.0. The summed E-state index contributed by atoms with van der Waals surface area (Å²) in [6, 6.07) is 15.6. The van der Waals surface area contributed by atoms with E-state index in [2.05, 4.69) is 63.7 Å². The fourth-order valence-electron chi connectivity index (χ4n) is 5.13. The van der Waals surface area contributed by atoms with Crippen LogP contribution in [0.1, 0.15) is 36.7 Å². The predicted molar refractivity (Wildman–Crippen MR) is 130 cm³/mol. The highest BCUT2D eigenvalue weighted by Gasteiger charge is 2.27. The van der Waals surface area contributed by atoms with E-state index in [-0.39, 0.29) is 0 Å². The molecule has 2 aliphatic rings. The van der Waals surface area contributed by atoms with Gasteiger partial charge in [-0.2, -0.15) is 0 Å². The maximum Gasteiger partial charge on any atom is 0.131 e. The van der Waals surface area contributed by atoms with E-state index >= 15 is 0 Å². The largest absolute Gasteiger partial charge is 0.497 e. The molecule has 0 N–H and O–H groups in total. The van der Waals surface area contributed by atoms with E-state index in [0.717, 1.165) is 68.5 Å². The van der Waals surface area contributed by atoms with E-state index in [4.69, 9.17) is 9.72 Å². The number of hydrogen-bond donors (Lipinski definition) is 0. The Balaban J connectivity index is 1.53. The zero-order valence-corrected chi connectivity index (χ0v) is 19.6. The zero-order chi connectivity index (χ0) is 22.1. The molecule has 0 saturated carbocycles. The summed E-state index contributed by atoms with van der Waals surface area (Å²) in [7, 11) is 6.16. The van der Waals surface area contributed by atoms with Gasteiger partial charge in [0.1, 0.15) is 11.6 Å². The van der Waals surface area contributed by atoms with Crippen LogP contribution < -0.4 is 4.74 Å². The van der Waals surface area contributed by atoms with Gasteiger partial charge in [0.25, 0.3) is 0 Å². The van der Waals surface area contributed by atoms with Crippen LogP contribution in [0.15, 0.2) is 42.5 Å². The van der Waals surface area contributed by atoms with Crippen LogP contribution in [-0.4, -0.2) is 78.2 Å². The van der Waals surface area contributed by atoms with Gasteiger partial charge in [-0.3, -0.25) is 14.4 Å². The molecule has 0 amide bonds. The van der Waals surface area contributed by atoms with Crippen molar-refractivity contribution in [2.75, 3.05) is 53.9 Å². The first-order chi connectivity index (χ1) is 15.6. The first-order valence-electron chi connectivity index (χ1n) is 11.9. The normalized spacial score (nSPS) is 21.3. The summed E-state index contributed by atoms with van der Waals surface area (Å²) in [6.07, 6.45) is 3.69. The first-order valence-corrected chi connectivity index (χ1v) is 11.9. The van der Waals surface area contributed by atoms with Crippen molar-refractivity contribution in [1.82, 2.24) is 24.3 Å². The van der Waals surface area contributed by atoms with Crippen LogP contribution in [0.5, 0.6) is 5.75 Å². The van der Waals surface area contributed by atoms with Gasteiger partial charge in [0.2, 0.25) is 0 Å². The second-order valence-electron chi connectivity index (χ2n) is 9.40. The quantitative estimate of drug-likeness (QED) is 0.609. The number of ether oxygens (including phenoxy) is 1. The maximum absolute atomic E-state index is 5.39. The SMILES string of the molecule is COc1ccc(-n2c(C3CCCCN3C)nc3cc(CN4CCN(C)CC4)ccc32)cc1. The van der Waals surface area contributed by atoms with E-state index in [9.17, 15) is 0 Å². The van der Waals surface area contributed by atoms with Gasteiger partial charge in [-0.25, -0.2) is 4.98 Å². The van der Waals surface area contributed by atoms with Gasteiger partial charge >= 0.3 is 0 Å². The molecule has 5 rings (SSSR count). The molecule has 1 unspecified atom stereocenters. The number of methoxy groups -OCH3 is 1. The monoisotopic (exact) mass is 433 g/mol. The fraction of sp³-hybridized carbons (Fsp3) is 0.500. The molecule has 0 aliphatic carbocycles. The molecule has 1 aromatic heterocycles. The number of likely N-dealkylation sites (tertiary alicyclic amines) is 1. The van der Waals surface area contributed by atoms with Crippen molar-refractivity contribution >= 4 is 11.0 Å². The third kappa shape index (κ3) is 4.27. The number of hydrogen-bond acceptors (Lipinski definition) is 5. The number of piperidine rings is 1. The van der Waals surface area contributed by atoms with Crippen molar-refractivity contribution in [2.24, 2.45) is 0 Å². The average molecular weight is 434 g/mol. The number of rotatable bonds is 5. The minimum absolute atomic E-state index is 0.347. The van der Waals surface area contributed by atoms with Crippen LogP contribution in [0.2, 0.25) is 0 Å². The van der Waals surface area contributed by atoms with Crippen molar-refractivity contribution in [3.63, 3.8) is 0 Å². The second-order valence-corrected chi connectivity index (χ2v) is 9.40. The highest BCUT2D eigenvalue weighted by atomic mass is 16.5. The smallest absolute Gasteiger partial charge is 0.131 e. The Bertz CT molecular complexity index is 1050. The summed E-state index contributed by atoms with van der Waals surface area (Å²) in [5.74, 6) is 2.04. The number of aromatic nitrogens is 2. The van der Waals surface area contributed by atoms with Crippen LogP contribution >= 0.6 is 0 Å². The summed E-state index contributed by atoms with van der Waals surface area (Å²) in [4.78, 5) is 12.7. The van der Waals surface area contributed by atoms with E-state index in [1.165, 1.54) is 23.9 Å². The Morgan fingerprint density at radius 2 is 1.72 bits per heavy atom. The third-order valence-electron chi connectivity index (χ3n) is 7.15. The molecule has 6 nitrogen and oxygen atoms in total. The van der Waals surface area contributed by atoms with Crippen LogP contribution in [0.25, 0.3) is 16.7 Å². The van der Waals surface area contributed by atoms with Gasteiger partial charge in [0.05, 0.1) is 24.2 Å². The molecule has 2 aliphatic heterocycles. The summed E-state index contributed by atoms with van der Waals surface area (Å²) in [5.41, 5.74) is 4.78. The first kappa shape index (κ1) is 21.4. The summed E-state index contributed by atoms with van der Waals surface area (Å²) < 4.78 is 7.75. The molecule has 0 radical (unpaired) electrons. The Morgan fingerprint density at radius 3 is 2.44 bits per heavy atom. The molecule has 3 aromatic rings. The van der Waals surface area contributed by atoms with Crippen LogP contribution in [0, 0.1) is 0 Å². The van der Waals surface area contributed by atoms with Crippen LogP contribution in [-0.2, 0) is 6.54 Å². The molecule has 2 saturated heterocycles. The average Bonchev–Trinajstić information content (AvgIpc) is 3.19. The van der Waals surface area contributed by atoms with Crippen molar-refractivity contribution < 1.29 is 4.74 Å². The Morgan fingerprint density at radius 1 is 0.938 bits per heavy atom. The molecule has 0 spiro atoms. The van der Waals surface area contributed by atoms with Crippen molar-refractivity contribution in [3.8, 4) is 11.4 Å². The van der Waals surface area contributed by atoms with Gasteiger partial charge in [0, 0.05) is 38.4 Å². The lowest BCUT2D eigenvalue weighted by molar-refractivity contribution is 0.148. The topological polar surface area (TPSA) is 36.8 Å². The van der Waals surface area contributed by atoms with Crippen molar-refractivity contribution in [3.05, 3.63) is 53.9 Å². The molecule has 0 bridgehead atoms. The fourth-order valence-corrected chi connectivity index (χ4v) is 5.13. The van der Waals surface area contributed by atoms with E-state index < -0.39 is 0 Å². The number of fused-ring (bicyclic) bond motifs is 1. The highest BCUT2D eigenvalue weighted by molar-refractivity contribution is 5.79. The molecule has 32 heavy (non-hydrogen) atoms. The van der Waals surface area contributed by atoms with Gasteiger partial charge in [-0.05, 0) is 75.4 Å². The number of imidazole rings is 1. The number of piperazine rings is 1. The van der Waals surface area contributed by atoms with Crippen LogP contribution in [0.4, 0.5) is 0 Å². The minimum atomic E-state index is 0.347. The molecule has 1 atom stereocenters. The lowest BCUT2D eigenvalue weighted by Crippen LogP contribution is -2.43. The third-order valence-corrected chi connectivity index (χ3v) is 7.15. The highest BCUT2D eigenvalue weighted by Crippen LogP contribution is 2.34. The molecule has 2 aromatic carbocycles. The van der Waals surface area contributed by atoms with Crippen molar-refractivity contribution in [2.45, 2.75) is 31.8 Å². The Labute approximate surface area is 191 Å². The second kappa shape index (κ2) is 9.22. The van der Waals surface area contributed by atoms with Crippen LogP contribution in [0.3, 0.4) is 0 Å². The van der Waals surface area contributed by atoms with Gasteiger partial charge in [-0.1, -0.05) is 12.5 Å². The minimum Gasteiger partial charge on any atom is -0.497 e. The van der Waals surface area contributed by atoms with E-state index in [0.29, 0.717) is 6.04 Å². The van der Waals surface area contributed by atoms with Gasteiger partial charge < -0.3 is 9.64 Å². The Kier molecular flexibility index (Phi) is 6.17. The molecule has 2 fully saturated rings. The summed E-state index contributed by atoms with van der Waals surface area (Å²) in [5, 5.41) is 0. The Hall–Kier alpha value is -2.41. The molecule has 3 heterocycles. The standard InChI is InChI=1S/C26H35N5O/c1-28-14-16-30(17-15-28)19-20-7-12-24-23(18-20)27-26(25-6-4-5-13-29(25)2)31(24)21-8-10-22(32-3)11-9-21/h7-12,18,25H,4-6,13-17,19H2,1-3H3. The molecular weight excluding hydrogens is 398 g/mol. The molecular formula is C26H35N5O. The van der Waals surface area contributed by atoms with Gasteiger partial charge in [0.15, 0.2) is 0 Å². The lowest BCUT2D eigenvalue weighted by Gasteiger charge is -2.32. The molecule has 6 heteroatoms. The summed E-state index contributed by atoms with van der Waals surface area (Å²) >= 11 is 0. The zero-order valence-electron chi connectivity index (χ0n) is 19.6. The number of likely N-dealkylation sites (N-methyl/N-ethyl adjacent to an activating group) is 1. The van der Waals surface area contributed by atoms with E-state index in [1.807, 2.05) is 12.1 Å². The van der Waals surface area contributed by atoms with E-state index in [1.54, 1.807) is 7.11 Å². The predicted octanol–water partition coefficient (Wildman–Crippen LogP) is 3.94. The number of nitrogens with zero attached hydrogens (tertiary/aromatic N) is 5. The number of benzene rings is 2. The van der Waals surface area contributed by atoms with Gasteiger partial charge in [-0.15, -0.1) is 0 Å².